The molecule has 7 heteroatoms. The molecule has 0 radical (unpaired) electrons. The SMILES string of the molecule is CC(C)c1nnc(NC(=O)CN2CCC(C(C)N)C2)o1. The summed E-state index contributed by atoms with van der Waals surface area (Å²) in [5, 5.41) is 10.3. The van der Waals surface area contributed by atoms with Gasteiger partial charge in [-0.2, -0.15) is 0 Å². The van der Waals surface area contributed by atoms with E-state index in [4.69, 9.17) is 10.2 Å². The van der Waals surface area contributed by atoms with Crippen LogP contribution >= 0.6 is 0 Å². The number of nitrogens with two attached hydrogens (primary N) is 1. The monoisotopic (exact) mass is 281 g/mol. The van der Waals surface area contributed by atoms with Crippen molar-refractivity contribution in [1.82, 2.24) is 15.1 Å². The van der Waals surface area contributed by atoms with E-state index in [0.29, 0.717) is 18.4 Å². The topological polar surface area (TPSA) is 97.3 Å². The summed E-state index contributed by atoms with van der Waals surface area (Å²) in [7, 11) is 0. The smallest absolute Gasteiger partial charge is 0.322 e. The first-order valence-electron chi connectivity index (χ1n) is 7.07. The van der Waals surface area contributed by atoms with Gasteiger partial charge in [0.25, 0.3) is 0 Å². The standard InChI is InChI=1S/C13H23N5O2/c1-8(2)12-16-17-13(20-12)15-11(19)7-18-5-4-10(6-18)9(3)14/h8-10H,4-7,14H2,1-3H3,(H,15,17,19). The summed E-state index contributed by atoms with van der Waals surface area (Å²) in [5.41, 5.74) is 5.88. The number of carbonyl (C=O) groups is 1. The Bertz CT molecular complexity index is 457. The zero-order valence-corrected chi connectivity index (χ0v) is 12.3. The number of amides is 1. The first kappa shape index (κ1) is 14.9. The van der Waals surface area contributed by atoms with Crippen molar-refractivity contribution in [1.29, 1.82) is 0 Å². The van der Waals surface area contributed by atoms with Crippen molar-refractivity contribution in [3.63, 3.8) is 0 Å². The van der Waals surface area contributed by atoms with Gasteiger partial charge in [0.15, 0.2) is 0 Å². The minimum atomic E-state index is -0.130. The van der Waals surface area contributed by atoms with Crippen LogP contribution in [0.4, 0.5) is 6.01 Å². The highest BCUT2D eigenvalue weighted by Gasteiger charge is 2.26. The predicted octanol–water partition coefficient (Wildman–Crippen LogP) is 0.801. The molecule has 0 aromatic carbocycles. The lowest BCUT2D eigenvalue weighted by Crippen LogP contribution is -2.34. The number of anilines is 1. The number of aromatic nitrogens is 2. The summed E-state index contributed by atoms with van der Waals surface area (Å²) < 4.78 is 5.35. The molecule has 0 spiro atoms. The van der Waals surface area contributed by atoms with Crippen molar-refractivity contribution >= 4 is 11.9 Å². The highest BCUT2D eigenvalue weighted by atomic mass is 16.4. The van der Waals surface area contributed by atoms with Gasteiger partial charge in [0.2, 0.25) is 11.8 Å². The first-order chi connectivity index (χ1) is 9.45. The number of rotatable bonds is 5. The van der Waals surface area contributed by atoms with E-state index in [1.54, 1.807) is 0 Å². The molecule has 20 heavy (non-hydrogen) atoms. The van der Waals surface area contributed by atoms with Crippen LogP contribution in [0, 0.1) is 5.92 Å². The van der Waals surface area contributed by atoms with E-state index in [2.05, 4.69) is 20.4 Å². The van der Waals surface area contributed by atoms with E-state index in [1.807, 2.05) is 20.8 Å². The third-order valence-corrected chi connectivity index (χ3v) is 3.60. The summed E-state index contributed by atoms with van der Waals surface area (Å²) in [6, 6.07) is 0.342. The van der Waals surface area contributed by atoms with Gasteiger partial charge >= 0.3 is 6.01 Å². The Kier molecular flexibility index (Phi) is 4.72. The number of carbonyl (C=O) groups excluding carboxylic acids is 1. The van der Waals surface area contributed by atoms with E-state index < -0.39 is 0 Å². The lowest BCUT2D eigenvalue weighted by molar-refractivity contribution is -0.117. The number of hydrogen-bond donors (Lipinski definition) is 2. The maximum absolute atomic E-state index is 11.9. The highest BCUT2D eigenvalue weighted by molar-refractivity contribution is 5.90. The zero-order chi connectivity index (χ0) is 14.7. The van der Waals surface area contributed by atoms with Crippen LogP contribution in [0.3, 0.4) is 0 Å². The molecule has 1 aromatic rings. The van der Waals surface area contributed by atoms with Crippen LogP contribution < -0.4 is 11.1 Å². The summed E-state index contributed by atoms with van der Waals surface area (Å²) in [5.74, 6) is 1.02. The molecule has 2 unspecified atom stereocenters. The molecule has 0 bridgehead atoms. The molecule has 0 aliphatic carbocycles. The molecule has 1 saturated heterocycles. The van der Waals surface area contributed by atoms with Gasteiger partial charge in [-0.1, -0.05) is 18.9 Å². The number of nitrogens with zero attached hydrogens (tertiary/aromatic N) is 3. The molecule has 1 aliphatic heterocycles. The fourth-order valence-electron chi connectivity index (χ4n) is 2.32. The van der Waals surface area contributed by atoms with Crippen LogP contribution in [-0.4, -0.2) is 46.7 Å². The maximum atomic E-state index is 11.9. The van der Waals surface area contributed by atoms with E-state index >= 15 is 0 Å². The molecule has 0 saturated carbocycles. The Balaban J connectivity index is 1.81. The molecule has 1 aliphatic rings. The zero-order valence-electron chi connectivity index (χ0n) is 12.3. The summed E-state index contributed by atoms with van der Waals surface area (Å²) in [6.45, 7) is 8.03. The third-order valence-electron chi connectivity index (χ3n) is 3.60. The van der Waals surface area contributed by atoms with Crippen molar-refractivity contribution in [2.24, 2.45) is 11.7 Å². The molecule has 2 rings (SSSR count). The summed E-state index contributed by atoms with van der Waals surface area (Å²) in [4.78, 5) is 14.0. The average Bonchev–Trinajstić information content (AvgIpc) is 2.98. The van der Waals surface area contributed by atoms with Gasteiger partial charge in [0.1, 0.15) is 0 Å². The Morgan fingerprint density at radius 3 is 2.80 bits per heavy atom. The fourth-order valence-corrected chi connectivity index (χ4v) is 2.32. The van der Waals surface area contributed by atoms with Gasteiger partial charge in [0, 0.05) is 18.5 Å². The number of likely N-dealkylation sites (tertiary alicyclic amines) is 1. The van der Waals surface area contributed by atoms with Gasteiger partial charge < -0.3 is 10.2 Å². The molecular weight excluding hydrogens is 258 g/mol. The van der Waals surface area contributed by atoms with Crippen molar-refractivity contribution in [3.05, 3.63) is 5.89 Å². The fraction of sp³-hybridized carbons (Fsp3) is 0.769. The Labute approximate surface area is 118 Å². The van der Waals surface area contributed by atoms with Crippen molar-refractivity contribution in [2.45, 2.75) is 39.2 Å². The lowest BCUT2D eigenvalue weighted by atomic mass is 10.0. The minimum Gasteiger partial charge on any atom is -0.408 e. The van der Waals surface area contributed by atoms with Crippen molar-refractivity contribution in [2.75, 3.05) is 25.0 Å². The molecule has 1 fully saturated rings. The largest absolute Gasteiger partial charge is 0.408 e. The molecule has 2 heterocycles. The van der Waals surface area contributed by atoms with Gasteiger partial charge in [-0.15, -0.1) is 5.10 Å². The van der Waals surface area contributed by atoms with Gasteiger partial charge in [-0.3, -0.25) is 15.0 Å². The summed E-state index contributed by atoms with van der Waals surface area (Å²) >= 11 is 0. The van der Waals surface area contributed by atoms with Gasteiger partial charge in [-0.05, 0) is 25.8 Å². The van der Waals surface area contributed by atoms with E-state index in [-0.39, 0.29) is 23.9 Å². The second kappa shape index (κ2) is 6.32. The quantitative estimate of drug-likeness (QED) is 0.828. The molecule has 1 amide bonds. The molecule has 1 aromatic heterocycles. The second-order valence-corrected chi connectivity index (χ2v) is 5.79. The van der Waals surface area contributed by atoms with Crippen molar-refractivity contribution in [3.8, 4) is 0 Å². The highest BCUT2D eigenvalue weighted by Crippen LogP contribution is 2.18. The normalized spacial score (nSPS) is 21.4. The molecule has 112 valence electrons. The molecule has 3 N–H and O–H groups in total. The Morgan fingerprint density at radius 2 is 2.25 bits per heavy atom. The predicted molar refractivity (Wildman–Crippen MR) is 75.2 cm³/mol. The third kappa shape index (κ3) is 3.77. The number of nitrogens with one attached hydrogen (secondary N) is 1. The molecular formula is C13H23N5O2. The molecule has 7 nitrogen and oxygen atoms in total. The summed E-state index contributed by atoms with van der Waals surface area (Å²) in [6.07, 6.45) is 1.04. The van der Waals surface area contributed by atoms with Crippen LogP contribution in [0.15, 0.2) is 4.42 Å². The van der Waals surface area contributed by atoms with E-state index in [0.717, 1.165) is 19.5 Å². The van der Waals surface area contributed by atoms with E-state index in [9.17, 15) is 4.79 Å². The minimum absolute atomic E-state index is 0.130. The van der Waals surface area contributed by atoms with Gasteiger partial charge in [0.05, 0.1) is 6.54 Å². The van der Waals surface area contributed by atoms with Crippen LogP contribution in [0.5, 0.6) is 0 Å². The van der Waals surface area contributed by atoms with Crippen LogP contribution in [0.1, 0.15) is 39.0 Å². The first-order valence-corrected chi connectivity index (χ1v) is 7.07. The van der Waals surface area contributed by atoms with Crippen molar-refractivity contribution < 1.29 is 9.21 Å². The van der Waals surface area contributed by atoms with Crippen LogP contribution in [-0.2, 0) is 4.79 Å². The molecule has 2 atom stereocenters. The second-order valence-electron chi connectivity index (χ2n) is 5.79. The van der Waals surface area contributed by atoms with Gasteiger partial charge in [-0.25, -0.2) is 0 Å². The average molecular weight is 281 g/mol. The lowest BCUT2D eigenvalue weighted by Gasteiger charge is -2.16. The Morgan fingerprint density at radius 1 is 1.50 bits per heavy atom. The number of hydrogen-bond acceptors (Lipinski definition) is 6. The van der Waals surface area contributed by atoms with Crippen LogP contribution in [0.2, 0.25) is 0 Å². The van der Waals surface area contributed by atoms with E-state index in [1.165, 1.54) is 0 Å². The Hall–Kier alpha value is -1.47. The van der Waals surface area contributed by atoms with Crippen LogP contribution in [0.25, 0.3) is 0 Å². The maximum Gasteiger partial charge on any atom is 0.322 e.